The normalized spacial score (nSPS) is 15.8. The van der Waals surface area contributed by atoms with Gasteiger partial charge in [0.25, 0.3) is 0 Å². The van der Waals surface area contributed by atoms with Crippen LogP contribution in [0, 0.1) is 6.92 Å². The summed E-state index contributed by atoms with van der Waals surface area (Å²) in [7, 11) is 1.83. The molecule has 136 valence electrons. The maximum atomic E-state index is 10.6. The van der Waals surface area contributed by atoms with E-state index in [-0.39, 0.29) is 0 Å². The average Bonchev–Trinajstić information content (AvgIpc) is 3.25. The third kappa shape index (κ3) is 3.40. The van der Waals surface area contributed by atoms with E-state index in [1.165, 1.54) is 0 Å². The lowest BCUT2D eigenvalue weighted by Crippen LogP contribution is -2.35. The molecule has 0 saturated heterocycles. The van der Waals surface area contributed by atoms with Crippen LogP contribution >= 0.6 is 0 Å². The molecule has 0 fully saturated rings. The van der Waals surface area contributed by atoms with Gasteiger partial charge in [0.2, 0.25) is 0 Å². The molecule has 1 aliphatic rings. The molecule has 3 aromatic rings. The van der Waals surface area contributed by atoms with Gasteiger partial charge in [0.1, 0.15) is 6.10 Å². The number of nitrogens with zero attached hydrogens (tertiary/aromatic N) is 6. The van der Waals surface area contributed by atoms with E-state index in [0.717, 1.165) is 55.4 Å². The second kappa shape index (κ2) is 7.01. The molecule has 7 nitrogen and oxygen atoms in total. The van der Waals surface area contributed by atoms with Crippen molar-refractivity contribution < 1.29 is 5.11 Å². The number of fused-ring (bicyclic) bond motifs is 1. The molecule has 0 unspecified atom stereocenters. The molecule has 1 aliphatic heterocycles. The molecule has 26 heavy (non-hydrogen) atoms. The van der Waals surface area contributed by atoms with Gasteiger partial charge in [-0.3, -0.25) is 19.2 Å². The number of aryl methyl sites for hydroxylation is 2. The summed E-state index contributed by atoms with van der Waals surface area (Å²) in [6.07, 6.45) is 1.89. The Morgan fingerprint density at radius 2 is 2.12 bits per heavy atom. The molecule has 4 rings (SSSR count). The molecule has 0 saturated carbocycles. The molecular formula is C19H24N6O. The van der Waals surface area contributed by atoms with E-state index in [1.807, 2.05) is 36.9 Å². The predicted molar refractivity (Wildman–Crippen MR) is 97.5 cm³/mol. The molecule has 0 bridgehead atoms. The van der Waals surface area contributed by atoms with Crippen molar-refractivity contribution in [2.24, 2.45) is 7.05 Å². The van der Waals surface area contributed by atoms with Gasteiger partial charge in [0.05, 0.1) is 23.6 Å². The smallest absolute Gasteiger partial charge is 0.139 e. The average molecular weight is 352 g/mol. The van der Waals surface area contributed by atoms with Crippen molar-refractivity contribution in [3.05, 3.63) is 65.0 Å². The van der Waals surface area contributed by atoms with Crippen molar-refractivity contribution in [3.8, 4) is 0 Å². The summed E-state index contributed by atoms with van der Waals surface area (Å²) in [5.74, 6) is 0. The van der Waals surface area contributed by atoms with E-state index in [9.17, 15) is 5.11 Å². The van der Waals surface area contributed by atoms with Crippen LogP contribution in [0.25, 0.3) is 0 Å². The first-order chi connectivity index (χ1) is 12.6. The Morgan fingerprint density at radius 3 is 2.88 bits per heavy atom. The molecule has 0 amide bonds. The second-order valence-electron chi connectivity index (χ2n) is 6.86. The number of hydrogen-bond donors (Lipinski definition) is 1. The zero-order valence-electron chi connectivity index (χ0n) is 15.2. The van der Waals surface area contributed by atoms with Crippen LogP contribution < -0.4 is 0 Å². The van der Waals surface area contributed by atoms with Gasteiger partial charge in [-0.25, -0.2) is 0 Å². The van der Waals surface area contributed by atoms with Gasteiger partial charge in [-0.1, -0.05) is 6.07 Å². The van der Waals surface area contributed by atoms with E-state index in [2.05, 4.69) is 32.2 Å². The van der Waals surface area contributed by atoms with Crippen molar-refractivity contribution in [2.45, 2.75) is 32.5 Å². The molecular weight excluding hydrogens is 328 g/mol. The van der Waals surface area contributed by atoms with Gasteiger partial charge in [-0.05, 0) is 31.2 Å². The van der Waals surface area contributed by atoms with Crippen LogP contribution in [0.15, 0.2) is 36.5 Å². The first-order valence-corrected chi connectivity index (χ1v) is 8.97. The van der Waals surface area contributed by atoms with Crippen LogP contribution in [0.4, 0.5) is 0 Å². The fourth-order valence-electron chi connectivity index (χ4n) is 3.48. The van der Waals surface area contributed by atoms with Gasteiger partial charge in [0.15, 0.2) is 0 Å². The Balaban J connectivity index is 1.42. The van der Waals surface area contributed by atoms with E-state index in [1.54, 1.807) is 10.9 Å². The maximum absolute atomic E-state index is 10.6. The zero-order valence-corrected chi connectivity index (χ0v) is 15.2. The monoisotopic (exact) mass is 352 g/mol. The number of pyridine rings is 1. The largest absolute Gasteiger partial charge is 0.380 e. The van der Waals surface area contributed by atoms with Crippen molar-refractivity contribution in [1.82, 2.24) is 29.4 Å². The predicted octanol–water partition coefficient (Wildman–Crippen LogP) is 1.46. The zero-order chi connectivity index (χ0) is 18.1. The standard InChI is InChI=1S/C19H24N6O/c1-14-4-3-5-15(21-14)7-9-24-10-11-25-16(13-24)12-17(22-25)19(26)18-6-8-20-23(18)2/h3-6,8,12,19,26H,7,9-11,13H2,1-2H3/t19-/m0/s1. The molecule has 3 aromatic heterocycles. The quantitative estimate of drug-likeness (QED) is 0.753. The SMILES string of the molecule is Cc1cccc(CCN2CCn3nc([C@H](O)c4ccnn4C)cc3C2)n1. The second-order valence-corrected chi connectivity index (χ2v) is 6.86. The highest BCUT2D eigenvalue weighted by molar-refractivity contribution is 5.22. The van der Waals surface area contributed by atoms with E-state index < -0.39 is 6.10 Å². The van der Waals surface area contributed by atoms with Crippen molar-refractivity contribution in [2.75, 3.05) is 13.1 Å². The number of aliphatic hydroxyl groups excluding tert-OH is 1. The van der Waals surface area contributed by atoms with Crippen LogP contribution in [0.1, 0.15) is 34.6 Å². The van der Waals surface area contributed by atoms with Gasteiger partial charge in [0, 0.05) is 50.7 Å². The summed E-state index contributed by atoms with van der Waals surface area (Å²) < 4.78 is 3.69. The number of aromatic nitrogens is 5. The van der Waals surface area contributed by atoms with Gasteiger partial charge < -0.3 is 5.11 Å². The Labute approximate surface area is 152 Å². The Hall–Kier alpha value is -2.51. The van der Waals surface area contributed by atoms with E-state index in [0.29, 0.717) is 5.69 Å². The minimum atomic E-state index is -0.745. The van der Waals surface area contributed by atoms with Gasteiger partial charge in [-0.15, -0.1) is 0 Å². The third-order valence-corrected chi connectivity index (χ3v) is 4.95. The molecule has 0 spiro atoms. The van der Waals surface area contributed by atoms with Crippen molar-refractivity contribution in [1.29, 1.82) is 0 Å². The minimum absolute atomic E-state index is 0.686. The van der Waals surface area contributed by atoms with Crippen LogP contribution in [0.2, 0.25) is 0 Å². The third-order valence-electron chi connectivity index (χ3n) is 4.95. The molecule has 0 aliphatic carbocycles. The topological polar surface area (TPSA) is 72.0 Å². The fraction of sp³-hybridized carbons (Fsp3) is 0.421. The van der Waals surface area contributed by atoms with Crippen molar-refractivity contribution >= 4 is 0 Å². The summed E-state index contributed by atoms with van der Waals surface area (Å²) in [5.41, 5.74) is 4.78. The molecule has 0 aromatic carbocycles. The molecule has 7 heteroatoms. The Morgan fingerprint density at radius 1 is 1.23 bits per heavy atom. The molecule has 4 heterocycles. The maximum Gasteiger partial charge on any atom is 0.139 e. The minimum Gasteiger partial charge on any atom is -0.380 e. The van der Waals surface area contributed by atoms with Crippen LogP contribution in [-0.2, 0) is 26.6 Å². The number of hydrogen-bond acceptors (Lipinski definition) is 5. The summed E-state index contributed by atoms with van der Waals surface area (Å²) in [6, 6.07) is 10.0. The van der Waals surface area contributed by atoms with Crippen LogP contribution in [0.5, 0.6) is 0 Å². The summed E-state index contributed by atoms with van der Waals surface area (Å²) in [5, 5.41) is 19.3. The molecule has 1 atom stereocenters. The summed E-state index contributed by atoms with van der Waals surface area (Å²) >= 11 is 0. The van der Waals surface area contributed by atoms with Gasteiger partial charge in [-0.2, -0.15) is 10.2 Å². The van der Waals surface area contributed by atoms with Gasteiger partial charge >= 0.3 is 0 Å². The summed E-state index contributed by atoms with van der Waals surface area (Å²) in [6.45, 7) is 5.65. The highest BCUT2D eigenvalue weighted by Gasteiger charge is 2.23. The highest BCUT2D eigenvalue weighted by Crippen LogP contribution is 2.23. The highest BCUT2D eigenvalue weighted by atomic mass is 16.3. The first kappa shape index (κ1) is 16.9. The lowest BCUT2D eigenvalue weighted by molar-refractivity contribution is 0.199. The van der Waals surface area contributed by atoms with Crippen molar-refractivity contribution in [3.63, 3.8) is 0 Å². The number of aliphatic hydroxyl groups is 1. The van der Waals surface area contributed by atoms with E-state index >= 15 is 0 Å². The fourth-order valence-corrected chi connectivity index (χ4v) is 3.48. The Kier molecular flexibility index (Phi) is 4.57. The van der Waals surface area contributed by atoms with Crippen LogP contribution in [-0.4, -0.2) is 47.6 Å². The lowest BCUT2D eigenvalue weighted by Gasteiger charge is -2.27. The summed E-state index contributed by atoms with van der Waals surface area (Å²) in [4.78, 5) is 7.00. The van der Waals surface area contributed by atoms with Crippen LogP contribution in [0.3, 0.4) is 0 Å². The molecule has 0 radical (unpaired) electrons. The van der Waals surface area contributed by atoms with E-state index in [4.69, 9.17) is 0 Å². The number of rotatable bonds is 5. The first-order valence-electron chi connectivity index (χ1n) is 8.97. The molecule has 1 N–H and O–H groups in total. The lowest BCUT2D eigenvalue weighted by atomic mass is 10.1. The Bertz CT molecular complexity index is 899.